The van der Waals surface area contributed by atoms with Gasteiger partial charge in [-0.2, -0.15) is 0 Å². The van der Waals surface area contributed by atoms with Crippen molar-refractivity contribution >= 4 is 29.0 Å². The molecule has 9 heteroatoms. The molecule has 0 aliphatic carbocycles. The third-order valence-corrected chi connectivity index (χ3v) is 6.05. The molecule has 3 aromatic rings. The van der Waals surface area contributed by atoms with Crippen molar-refractivity contribution in [3.05, 3.63) is 71.7 Å². The van der Waals surface area contributed by atoms with Gasteiger partial charge in [-0.05, 0) is 61.1 Å². The molecule has 3 N–H and O–H groups in total. The zero-order chi connectivity index (χ0) is 24.8. The molecular formula is C26H29N5O4. The van der Waals surface area contributed by atoms with Crippen LogP contribution in [0.2, 0.25) is 0 Å². The Morgan fingerprint density at radius 1 is 1.14 bits per heavy atom. The molecule has 2 amide bonds. The fourth-order valence-corrected chi connectivity index (χ4v) is 4.04. The van der Waals surface area contributed by atoms with Crippen molar-refractivity contribution in [2.75, 3.05) is 36.3 Å². The zero-order valence-electron chi connectivity index (χ0n) is 19.9. The van der Waals surface area contributed by atoms with Crippen LogP contribution in [0, 0.1) is 6.92 Å². The van der Waals surface area contributed by atoms with E-state index in [4.69, 9.17) is 15.2 Å². The number of hydrogen-bond acceptors (Lipinski definition) is 7. The van der Waals surface area contributed by atoms with Gasteiger partial charge in [0.2, 0.25) is 0 Å². The molecule has 1 aliphatic heterocycles. The third-order valence-electron chi connectivity index (χ3n) is 6.05. The van der Waals surface area contributed by atoms with Gasteiger partial charge in [0.1, 0.15) is 11.6 Å². The number of carbonyl (C=O) groups is 2. The SMILES string of the molecule is COc1ccccc1N(Cc1ccc(C2CCOCC2)cn1)C(=O)C(=O)Nc1cnc(N)c(C)c1. The lowest BCUT2D eigenvalue weighted by molar-refractivity contribution is -0.134. The largest absolute Gasteiger partial charge is 0.495 e. The molecule has 0 radical (unpaired) electrons. The average Bonchev–Trinajstić information content (AvgIpc) is 2.90. The smallest absolute Gasteiger partial charge is 0.317 e. The maximum absolute atomic E-state index is 13.4. The number of aryl methyl sites for hydroxylation is 1. The molecule has 1 aromatic carbocycles. The zero-order valence-corrected chi connectivity index (χ0v) is 19.9. The Bertz CT molecular complexity index is 1190. The minimum Gasteiger partial charge on any atom is -0.495 e. The fraction of sp³-hybridized carbons (Fsp3) is 0.308. The van der Waals surface area contributed by atoms with Crippen molar-refractivity contribution in [1.82, 2.24) is 9.97 Å². The maximum atomic E-state index is 13.4. The molecule has 182 valence electrons. The van der Waals surface area contributed by atoms with Gasteiger partial charge in [0.15, 0.2) is 0 Å². The van der Waals surface area contributed by atoms with Gasteiger partial charge in [0.05, 0.1) is 36.9 Å². The van der Waals surface area contributed by atoms with Crippen LogP contribution in [0.25, 0.3) is 0 Å². The van der Waals surface area contributed by atoms with E-state index in [0.717, 1.165) is 31.6 Å². The molecule has 0 spiro atoms. The van der Waals surface area contributed by atoms with Crippen molar-refractivity contribution in [3.63, 3.8) is 0 Å². The van der Waals surface area contributed by atoms with E-state index in [1.807, 2.05) is 18.3 Å². The number of benzene rings is 1. The van der Waals surface area contributed by atoms with Crippen molar-refractivity contribution in [1.29, 1.82) is 0 Å². The quantitative estimate of drug-likeness (QED) is 0.524. The predicted molar refractivity (Wildman–Crippen MR) is 133 cm³/mol. The third kappa shape index (κ3) is 5.75. The molecule has 1 saturated heterocycles. The van der Waals surface area contributed by atoms with E-state index in [1.165, 1.54) is 18.2 Å². The minimum atomic E-state index is -0.805. The van der Waals surface area contributed by atoms with Crippen LogP contribution < -0.4 is 20.7 Å². The highest BCUT2D eigenvalue weighted by molar-refractivity contribution is 6.44. The van der Waals surface area contributed by atoms with Gasteiger partial charge in [0, 0.05) is 19.4 Å². The fourth-order valence-electron chi connectivity index (χ4n) is 4.04. The average molecular weight is 476 g/mol. The van der Waals surface area contributed by atoms with Crippen LogP contribution in [-0.2, 0) is 20.9 Å². The molecule has 1 aliphatic rings. The first-order chi connectivity index (χ1) is 17.0. The Balaban J connectivity index is 1.58. The van der Waals surface area contributed by atoms with E-state index in [2.05, 4.69) is 15.3 Å². The number of methoxy groups -OCH3 is 1. The Morgan fingerprint density at radius 3 is 2.60 bits per heavy atom. The highest BCUT2D eigenvalue weighted by Gasteiger charge is 2.27. The molecule has 3 heterocycles. The van der Waals surface area contributed by atoms with E-state index in [1.54, 1.807) is 37.3 Å². The molecule has 9 nitrogen and oxygen atoms in total. The van der Waals surface area contributed by atoms with Crippen molar-refractivity contribution in [2.24, 2.45) is 0 Å². The summed E-state index contributed by atoms with van der Waals surface area (Å²) in [7, 11) is 1.52. The van der Waals surface area contributed by atoms with Crippen LogP contribution in [0.1, 0.15) is 35.6 Å². The number of amides is 2. The van der Waals surface area contributed by atoms with Crippen LogP contribution >= 0.6 is 0 Å². The number of ether oxygens (including phenoxy) is 2. The number of anilines is 3. The van der Waals surface area contributed by atoms with Gasteiger partial charge >= 0.3 is 11.8 Å². The summed E-state index contributed by atoms with van der Waals surface area (Å²) >= 11 is 0. The number of nitrogen functional groups attached to an aromatic ring is 1. The summed E-state index contributed by atoms with van der Waals surface area (Å²) in [6.45, 7) is 3.37. The lowest BCUT2D eigenvalue weighted by Gasteiger charge is -2.25. The molecular weight excluding hydrogens is 446 g/mol. The van der Waals surface area contributed by atoms with Gasteiger partial charge in [-0.3, -0.25) is 19.5 Å². The van der Waals surface area contributed by atoms with Gasteiger partial charge < -0.3 is 20.5 Å². The second-order valence-corrected chi connectivity index (χ2v) is 8.41. The monoisotopic (exact) mass is 475 g/mol. The summed E-state index contributed by atoms with van der Waals surface area (Å²) in [5, 5.41) is 2.61. The number of pyridine rings is 2. The van der Waals surface area contributed by atoms with E-state index < -0.39 is 11.8 Å². The Morgan fingerprint density at radius 2 is 1.91 bits per heavy atom. The van der Waals surface area contributed by atoms with Crippen LogP contribution in [0.4, 0.5) is 17.2 Å². The Hall–Kier alpha value is -3.98. The summed E-state index contributed by atoms with van der Waals surface area (Å²) in [5.41, 5.74) is 9.11. The van der Waals surface area contributed by atoms with Crippen molar-refractivity contribution in [3.8, 4) is 5.75 Å². The number of para-hydroxylation sites is 2. The first-order valence-corrected chi connectivity index (χ1v) is 11.5. The lowest BCUT2D eigenvalue weighted by Crippen LogP contribution is -2.40. The highest BCUT2D eigenvalue weighted by atomic mass is 16.5. The second kappa shape index (κ2) is 11.0. The Labute approximate surface area is 204 Å². The van der Waals surface area contributed by atoms with Gasteiger partial charge in [-0.25, -0.2) is 4.98 Å². The molecule has 2 aromatic heterocycles. The van der Waals surface area contributed by atoms with Crippen LogP contribution in [0.15, 0.2) is 54.9 Å². The van der Waals surface area contributed by atoms with Crippen molar-refractivity contribution in [2.45, 2.75) is 32.2 Å². The number of nitrogens with zero attached hydrogens (tertiary/aromatic N) is 3. The van der Waals surface area contributed by atoms with Crippen molar-refractivity contribution < 1.29 is 19.1 Å². The Kier molecular flexibility index (Phi) is 7.57. The summed E-state index contributed by atoms with van der Waals surface area (Å²) in [4.78, 5) is 36.3. The van der Waals surface area contributed by atoms with Crippen LogP contribution in [0.5, 0.6) is 5.75 Å². The van der Waals surface area contributed by atoms with E-state index in [0.29, 0.717) is 40.1 Å². The number of rotatable bonds is 6. The van der Waals surface area contributed by atoms with Crippen LogP contribution in [0.3, 0.4) is 0 Å². The molecule has 4 rings (SSSR count). The summed E-state index contributed by atoms with van der Waals surface area (Å²) < 4.78 is 10.9. The first kappa shape index (κ1) is 24.2. The normalized spacial score (nSPS) is 13.8. The molecule has 0 unspecified atom stereocenters. The number of nitrogens with two attached hydrogens (primary N) is 1. The molecule has 0 bridgehead atoms. The van der Waals surface area contributed by atoms with E-state index in [-0.39, 0.29) is 6.54 Å². The number of nitrogens with one attached hydrogen (secondary N) is 1. The molecule has 35 heavy (non-hydrogen) atoms. The van der Waals surface area contributed by atoms with Crippen LogP contribution in [-0.4, -0.2) is 42.1 Å². The van der Waals surface area contributed by atoms with Gasteiger partial charge in [-0.1, -0.05) is 18.2 Å². The van der Waals surface area contributed by atoms with E-state index >= 15 is 0 Å². The summed E-state index contributed by atoms with van der Waals surface area (Å²) in [5.74, 6) is -0.308. The predicted octanol–water partition coefficient (Wildman–Crippen LogP) is 3.44. The molecule has 0 saturated carbocycles. The van der Waals surface area contributed by atoms with Gasteiger partial charge in [0.25, 0.3) is 0 Å². The minimum absolute atomic E-state index is 0.0969. The number of hydrogen-bond donors (Lipinski definition) is 2. The standard InChI is InChI=1S/C26H29N5O4/c1-17-13-21(15-29-24(17)27)30-25(32)26(33)31(22-5-3-4-6-23(22)34-2)16-20-8-7-19(14-28-20)18-9-11-35-12-10-18/h3-8,13-15,18H,9-12,16H2,1-2H3,(H2,27,29)(H,30,32). The molecule has 1 fully saturated rings. The lowest BCUT2D eigenvalue weighted by atomic mass is 9.93. The summed E-state index contributed by atoms with van der Waals surface area (Å²) in [6.07, 6.45) is 5.19. The second-order valence-electron chi connectivity index (χ2n) is 8.41. The number of carbonyl (C=O) groups excluding carboxylic acids is 2. The summed E-state index contributed by atoms with van der Waals surface area (Å²) in [6, 6.07) is 12.6. The number of aromatic nitrogens is 2. The maximum Gasteiger partial charge on any atom is 0.317 e. The topological polar surface area (TPSA) is 120 Å². The first-order valence-electron chi connectivity index (χ1n) is 11.5. The van der Waals surface area contributed by atoms with Gasteiger partial charge in [-0.15, -0.1) is 0 Å². The molecule has 0 atom stereocenters. The highest BCUT2D eigenvalue weighted by Crippen LogP contribution is 2.30. The van der Waals surface area contributed by atoms with E-state index in [9.17, 15) is 9.59 Å².